The van der Waals surface area contributed by atoms with E-state index >= 15 is 0 Å². The number of ether oxygens (including phenoxy) is 2. The molecular weight excluding hydrogens is 242 g/mol. The Morgan fingerprint density at radius 3 is 2.79 bits per heavy atom. The average molecular weight is 263 g/mol. The third-order valence-electron chi connectivity index (χ3n) is 3.64. The number of hydrogen-bond donors (Lipinski definition) is 1. The van der Waals surface area contributed by atoms with Crippen molar-refractivity contribution in [3.63, 3.8) is 0 Å². The quantitative estimate of drug-likeness (QED) is 0.822. The predicted molar refractivity (Wildman–Crippen MR) is 73.0 cm³/mol. The van der Waals surface area contributed by atoms with Crippen molar-refractivity contribution in [2.24, 2.45) is 0 Å². The summed E-state index contributed by atoms with van der Waals surface area (Å²) in [6.45, 7) is 4.16. The van der Waals surface area contributed by atoms with Gasteiger partial charge < -0.3 is 14.8 Å². The van der Waals surface area contributed by atoms with Crippen LogP contribution in [0.4, 0.5) is 0 Å². The maximum atomic E-state index is 11.9. The molecule has 4 nitrogen and oxygen atoms in total. The Kier molecular flexibility index (Phi) is 4.56. The monoisotopic (exact) mass is 263 g/mol. The SMILES string of the molecule is COC(=O)C(CNC1(C)CCOC1)c1ccccc1. The van der Waals surface area contributed by atoms with Crippen LogP contribution in [-0.4, -0.2) is 38.4 Å². The van der Waals surface area contributed by atoms with Gasteiger partial charge in [0.25, 0.3) is 0 Å². The van der Waals surface area contributed by atoms with Gasteiger partial charge >= 0.3 is 5.97 Å². The molecule has 0 bridgehead atoms. The van der Waals surface area contributed by atoms with Gasteiger partial charge in [-0.1, -0.05) is 30.3 Å². The molecular formula is C15H21NO3. The van der Waals surface area contributed by atoms with Crippen LogP contribution in [0.5, 0.6) is 0 Å². The standard InChI is InChI=1S/C15H21NO3/c1-15(8-9-19-11-15)16-10-13(14(17)18-2)12-6-4-3-5-7-12/h3-7,13,16H,8-11H2,1-2H3. The molecule has 0 saturated carbocycles. The number of nitrogens with one attached hydrogen (secondary N) is 1. The van der Waals surface area contributed by atoms with E-state index < -0.39 is 0 Å². The van der Waals surface area contributed by atoms with E-state index in [0.717, 1.165) is 18.6 Å². The maximum absolute atomic E-state index is 11.9. The Balaban J connectivity index is 2.04. The highest BCUT2D eigenvalue weighted by atomic mass is 16.5. The lowest BCUT2D eigenvalue weighted by molar-refractivity contribution is -0.142. The van der Waals surface area contributed by atoms with E-state index in [2.05, 4.69) is 12.2 Å². The number of hydrogen-bond acceptors (Lipinski definition) is 4. The average Bonchev–Trinajstić information content (AvgIpc) is 2.87. The Labute approximate surface area is 114 Å². The number of carbonyl (C=O) groups excluding carboxylic acids is 1. The fourth-order valence-corrected chi connectivity index (χ4v) is 2.32. The van der Waals surface area contributed by atoms with Gasteiger partial charge in [-0.2, -0.15) is 0 Å². The molecule has 1 aromatic carbocycles. The van der Waals surface area contributed by atoms with Crippen molar-refractivity contribution in [3.05, 3.63) is 35.9 Å². The van der Waals surface area contributed by atoms with Crippen molar-refractivity contribution < 1.29 is 14.3 Å². The fourth-order valence-electron chi connectivity index (χ4n) is 2.32. The van der Waals surface area contributed by atoms with Crippen LogP contribution >= 0.6 is 0 Å². The first-order valence-electron chi connectivity index (χ1n) is 6.60. The summed E-state index contributed by atoms with van der Waals surface area (Å²) in [5.41, 5.74) is 0.936. The molecule has 0 amide bonds. The van der Waals surface area contributed by atoms with Crippen LogP contribution in [0.25, 0.3) is 0 Å². The van der Waals surface area contributed by atoms with E-state index in [1.807, 2.05) is 30.3 Å². The highest BCUT2D eigenvalue weighted by molar-refractivity contribution is 5.78. The highest BCUT2D eigenvalue weighted by Crippen LogP contribution is 2.21. The molecule has 104 valence electrons. The zero-order chi connectivity index (χ0) is 13.7. The Bertz CT molecular complexity index is 413. The smallest absolute Gasteiger partial charge is 0.314 e. The molecule has 2 rings (SSSR count). The summed E-state index contributed by atoms with van der Waals surface area (Å²) in [4.78, 5) is 11.9. The lowest BCUT2D eigenvalue weighted by atomic mass is 9.96. The third-order valence-corrected chi connectivity index (χ3v) is 3.64. The number of benzene rings is 1. The first-order valence-corrected chi connectivity index (χ1v) is 6.60. The molecule has 4 heteroatoms. The van der Waals surface area contributed by atoms with Crippen LogP contribution in [-0.2, 0) is 14.3 Å². The van der Waals surface area contributed by atoms with Gasteiger partial charge in [-0.15, -0.1) is 0 Å². The van der Waals surface area contributed by atoms with Gasteiger partial charge in [-0.05, 0) is 18.9 Å². The molecule has 1 aromatic rings. The molecule has 1 saturated heterocycles. The highest BCUT2D eigenvalue weighted by Gasteiger charge is 2.31. The normalized spacial score (nSPS) is 24.1. The molecule has 1 heterocycles. The van der Waals surface area contributed by atoms with E-state index in [1.165, 1.54) is 7.11 Å². The van der Waals surface area contributed by atoms with Crippen molar-refractivity contribution in [1.82, 2.24) is 5.32 Å². The van der Waals surface area contributed by atoms with Gasteiger partial charge in [-0.3, -0.25) is 4.79 Å². The zero-order valence-electron chi connectivity index (χ0n) is 11.5. The Morgan fingerprint density at radius 2 is 2.21 bits per heavy atom. The van der Waals surface area contributed by atoms with Crippen LogP contribution in [0.15, 0.2) is 30.3 Å². The molecule has 1 aliphatic rings. The van der Waals surface area contributed by atoms with E-state index in [1.54, 1.807) is 0 Å². The number of rotatable bonds is 5. The second-order valence-corrected chi connectivity index (χ2v) is 5.23. The Hall–Kier alpha value is -1.39. The van der Waals surface area contributed by atoms with E-state index in [0.29, 0.717) is 13.2 Å². The van der Waals surface area contributed by atoms with Crippen LogP contribution in [0.1, 0.15) is 24.8 Å². The summed E-state index contributed by atoms with van der Waals surface area (Å²) >= 11 is 0. The molecule has 1 N–H and O–H groups in total. The first kappa shape index (κ1) is 14.0. The largest absolute Gasteiger partial charge is 0.469 e. The van der Waals surface area contributed by atoms with E-state index in [-0.39, 0.29) is 17.4 Å². The van der Waals surface area contributed by atoms with E-state index in [9.17, 15) is 4.79 Å². The first-order chi connectivity index (χ1) is 9.14. The molecule has 0 aromatic heterocycles. The molecule has 1 aliphatic heterocycles. The molecule has 0 spiro atoms. The van der Waals surface area contributed by atoms with Crippen molar-refractivity contribution in [3.8, 4) is 0 Å². The summed E-state index contributed by atoms with van der Waals surface area (Å²) in [5, 5.41) is 3.45. The predicted octanol–water partition coefficient (Wildman–Crippen LogP) is 1.71. The summed E-state index contributed by atoms with van der Waals surface area (Å²) in [5.74, 6) is -0.482. The fraction of sp³-hybridized carbons (Fsp3) is 0.533. The Morgan fingerprint density at radius 1 is 1.47 bits per heavy atom. The number of carbonyl (C=O) groups is 1. The van der Waals surface area contributed by atoms with Crippen LogP contribution < -0.4 is 5.32 Å². The third kappa shape index (κ3) is 3.55. The summed E-state index contributed by atoms with van der Waals surface area (Å²) in [6, 6.07) is 9.72. The van der Waals surface area contributed by atoms with Crippen LogP contribution in [0.3, 0.4) is 0 Å². The van der Waals surface area contributed by atoms with Gasteiger partial charge in [0.1, 0.15) is 0 Å². The lowest BCUT2D eigenvalue weighted by Gasteiger charge is -2.26. The number of esters is 1. The zero-order valence-corrected chi connectivity index (χ0v) is 11.5. The molecule has 0 radical (unpaired) electrons. The van der Waals surface area contributed by atoms with Crippen molar-refractivity contribution in [1.29, 1.82) is 0 Å². The summed E-state index contributed by atoms with van der Waals surface area (Å²) < 4.78 is 10.3. The number of methoxy groups -OCH3 is 1. The molecule has 0 aliphatic carbocycles. The van der Waals surface area contributed by atoms with Crippen LogP contribution in [0.2, 0.25) is 0 Å². The molecule has 2 unspecified atom stereocenters. The minimum atomic E-state index is -0.274. The minimum absolute atomic E-state index is 0.0406. The van der Waals surface area contributed by atoms with Crippen molar-refractivity contribution in [2.45, 2.75) is 24.8 Å². The summed E-state index contributed by atoms with van der Waals surface area (Å²) in [6.07, 6.45) is 0.968. The van der Waals surface area contributed by atoms with Crippen molar-refractivity contribution >= 4 is 5.97 Å². The topological polar surface area (TPSA) is 47.6 Å². The molecule has 1 fully saturated rings. The molecule has 19 heavy (non-hydrogen) atoms. The molecule has 2 atom stereocenters. The lowest BCUT2D eigenvalue weighted by Crippen LogP contribution is -2.45. The van der Waals surface area contributed by atoms with Crippen LogP contribution in [0, 0.1) is 0 Å². The second kappa shape index (κ2) is 6.17. The van der Waals surface area contributed by atoms with Gasteiger partial charge in [-0.25, -0.2) is 0 Å². The van der Waals surface area contributed by atoms with Gasteiger partial charge in [0.2, 0.25) is 0 Å². The second-order valence-electron chi connectivity index (χ2n) is 5.23. The minimum Gasteiger partial charge on any atom is -0.469 e. The summed E-state index contributed by atoms with van der Waals surface area (Å²) in [7, 11) is 1.43. The van der Waals surface area contributed by atoms with Crippen molar-refractivity contribution in [2.75, 3.05) is 26.9 Å². The van der Waals surface area contributed by atoms with Gasteiger partial charge in [0.15, 0.2) is 0 Å². The van der Waals surface area contributed by atoms with Gasteiger partial charge in [0.05, 0.1) is 19.6 Å². The van der Waals surface area contributed by atoms with E-state index in [4.69, 9.17) is 9.47 Å². The maximum Gasteiger partial charge on any atom is 0.314 e. The van der Waals surface area contributed by atoms with Gasteiger partial charge in [0, 0.05) is 18.7 Å².